The fraction of sp³-hybridized carbons (Fsp3) is 0.414. The van der Waals surface area contributed by atoms with Gasteiger partial charge in [0, 0.05) is 26.3 Å². The number of ether oxygens (including phenoxy) is 2. The molecule has 4 rings (SSSR count). The summed E-state index contributed by atoms with van der Waals surface area (Å²) in [6, 6.07) is 14.3. The third-order valence-corrected chi connectivity index (χ3v) is 6.92. The highest BCUT2D eigenvalue weighted by Crippen LogP contribution is 2.40. The fourth-order valence-corrected chi connectivity index (χ4v) is 4.80. The van der Waals surface area contributed by atoms with Crippen LogP contribution >= 0.6 is 0 Å². The second kappa shape index (κ2) is 13.0. The molecule has 0 radical (unpaired) electrons. The monoisotopic (exact) mass is 558 g/mol. The molecule has 11 heteroatoms. The van der Waals surface area contributed by atoms with Gasteiger partial charge in [0.1, 0.15) is 18.4 Å². The van der Waals surface area contributed by atoms with Crippen LogP contribution in [0.25, 0.3) is 11.3 Å². The molecule has 214 valence electrons. The van der Waals surface area contributed by atoms with Crippen molar-refractivity contribution in [3.05, 3.63) is 71.9 Å². The van der Waals surface area contributed by atoms with Gasteiger partial charge >= 0.3 is 6.18 Å². The molecule has 1 aliphatic rings. The van der Waals surface area contributed by atoms with Gasteiger partial charge in [-0.2, -0.15) is 18.3 Å². The maximum absolute atomic E-state index is 13.9. The minimum Gasteiger partial charge on any atom is -0.491 e. The van der Waals surface area contributed by atoms with Crippen molar-refractivity contribution in [2.45, 2.75) is 43.9 Å². The number of hydrogen-bond donors (Lipinski definition) is 1. The normalized spacial score (nSPS) is 14.6. The fourth-order valence-electron chi connectivity index (χ4n) is 4.80. The topological polar surface area (TPSA) is 85.7 Å². The van der Waals surface area contributed by atoms with E-state index in [1.807, 2.05) is 6.07 Å². The standard InChI is InChI=1S/C29H33F3N4O4/c1-35(16-17-39-2)28(38)25(19-40-21-12-4-3-5-13-21)33-27(37)24-18-26(36(34-24)20-10-6-7-11-20)22-14-8-9-15-23(22)29(30,31)32/h3-5,8-9,12-15,18,20,25H,6-7,10-11,16-17,19H2,1-2H3,(H,33,37)/t25-/m0/s1. The molecule has 0 saturated heterocycles. The molecule has 1 fully saturated rings. The van der Waals surface area contributed by atoms with Gasteiger partial charge in [0.15, 0.2) is 5.69 Å². The molecule has 40 heavy (non-hydrogen) atoms. The summed E-state index contributed by atoms with van der Waals surface area (Å²) in [7, 11) is 3.11. The van der Waals surface area contributed by atoms with Gasteiger partial charge in [-0.3, -0.25) is 14.3 Å². The number of aromatic nitrogens is 2. The van der Waals surface area contributed by atoms with E-state index in [2.05, 4.69) is 10.4 Å². The van der Waals surface area contributed by atoms with E-state index >= 15 is 0 Å². The Labute approximate surface area is 231 Å². The quantitative estimate of drug-likeness (QED) is 0.359. The number of amides is 2. The van der Waals surface area contributed by atoms with Gasteiger partial charge in [0.2, 0.25) is 5.91 Å². The van der Waals surface area contributed by atoms with Crippen LogP contribution in [0, 0.1) is 0 Å². The Hall–Kier alpha value is -3.86. The highest BCUT2D eigenvalue weighted by atomic mass is 19.4. The number of benzene rings is 2. The average molecular weight is 559 g/mol. The van der Waals surface area contributed by atoms with Crippen LogP contribution in [0.5, 0.6) is 5.75 Å². The minimum atomic E-state index is -4.58. The van der Waals surface area contributed by atoms with Crippen molar-refractivity contribution in [3.8, 4) is 17.0 Å². The Morgan fingerprint density at radius 1 is 1.10 bits per heavy atom. The zero-order valence-electron chi connectivity index (χ0n) is 22.5. The molecule has 1 aliphatic carbocycles. The Kier molecular flexibility index (Phi) is 9.46. The predicted octanol–water partition coefficient (Wildman–Crippen LogP) is 4.97. The number of hydrogen-bond acceptors (Lipinski definition) is 5. The van der Waals surface area contributed by atoms with E-state index in [4.69, 9.17) is 9.47 Å². The van der Waals surface area contributed by atoms with Crippen LogP contribution in [0.15, 0.2) is 60.7 Å². The first kappa shape index (κ1) is 29.1. The van der Waals surface area contributed by atoms with Crippen molar-refractivity contribution >= 4 is 11.8 Å². The van der Waals surface area contributed by atoms with Gasteiger partial charge in [-0.25, -0.2) is 0 Å². The summed E-state index contributed by atoms with van der Waals surface area (Å²) in [5.41, 5.74) is -0.709. The second-order valence-electron chi connectivity index (χ2n) is 9.74. The molecule has 3 aromatic rings. The van der Waals surface area contributed by atoms with Crippen LogP contribution in [-0.2, 0) is 15.7 Å². The largest absolute Gasteiger partial charge is 0.491 e. The summed E-state index contributed by atoms with van der Waals surface area (Å²) in [6.07, 6.45) is -1.23. The van der Waals surface area contributed by atoms with E-state index in [1.165, 1.54) is 41.0 Å². The first-order valence-corrected chi connectivity index (χ1v) is 13.2. The highest BCUT2D eigenvalue weighted by molar-refractivity contribution is 5.97. The Balaban J connectivity index is 1.64. The van der Waals surface area contributed by atoms with Crippen molar-refractivity contribution in [2.24, 2.45) is 0 Å². The lowest BCUT2D eigenvalue weighted by atomic mass is 10.0. The summed E-state index contributed by atoms with van der Waals surface area (Å²) in [6.45, 7) is 0.441. The summed E-state index contributed by atoms with van der Waals surface area (Å²) < 4.78 is 54.0. The molecule has 1 N–H and O–H groups in total. The van der Waals surface area contributed by atoms with Crippen LogP contribution in [0.1, 0.15) is 47.8 Å². The van der Waals surface area contributed by atoms with E-state index in [9.17, 15) is 22.8 Å². The first-order chi connectivity index (χ1) is 19.2. The Morgan fingerprint density at radius 2 is 1.77 bits per heavy atom. The highest BCUT2D eigenvalue weighted by Gasteiger charge is 2.36. The van der Waals surface area contributed by atoms with E-state index in [1.54, 1.807) is 31.3 Å². The Morgan fingerprint density at radius 3 is 2.45 bits per heavy atom. The van der Waals surface area contributed by atoms with Crippen LogP contribution in [0.4, 0.5) is 13.2 Å². The second-order valence-corrected chi connectivity index (χ2v) is 9.74. The summed E-state index contributed by atoms with van der Waals surface area (Å²) in [4.78, 5) is 28.1. The molecule has 2 aromatic carbocycles. The first-order valence-electron chi connectivity index (χ1n) is 13.2. The average Bonchev–Trinajstić information content (AvgIpc) is 3.64. The van der Waals surface area contributed by atoms with Gasteiger partial charge in [-0.15, -0.1) is 0 Å². The summed E-state index contributed by atoms with van der Waals surface area (Å²) in [5, 5.41) is 7.16. The molecule has 0 bridgehead atoms. The predicted molar refractivity (Wildman–Crippen MR) is 143 cm³/mol. The maximum atomic E-state index is 13.9. The lowest BCUT2D eigenvalue weighted by molar-refractivity contribution is -0.137. The SMILES string of the molecule is COCCN(C)C(=O)[C@H](COc1ccccc1)NC(=O)c1cc(-c2ccccc2C(F)(F)F)n(C2CCCC2)n1. The Bertz CT molecular complexity index is 1290. The van der Waals surface area contributed by atoms with Gasteiger partial charge in [0.25, 0.3) is 5.91 Å². The number of carbonyl (C=O) groups excluding carboxylic acids is 2. The minimum absolute atomic E-state index is 0.0483. The van der Waals surface area contributed by atoms with E-state index in [0.29, 0.717) is 18.9 Å². The van der Waals surface area contributed by atoms with Crippen LogP contribution in [0.3, 0.4) is 0 Å². The van der Waals surface area contributed by atoms with Crippen LogP contribution in [-0.4, -0.2) is 66.5 Å². The van der Waals surface area contributed by atoms with Crippen molar-refractivity contribution < 1.29 is 32.2 Å². The number of likely N-dealkylation sites (N-methyl/N-ethyl adjacent to an activating group) is 1. The number of nitrogens with one attached hydrogen (secondary N) is 1. The number of halogens is 3. The van der Waals surface area contributed by atoms with Crippen LogP contribution < -0.4 is 10.1 Å². The molecule has 1 saturated carbocycles. The number of rotatable bonds is 11. The number of carbonyl (C=O) groups is 2. The number of methoxy groups -OCH3 is 1. The van der Waals surface area contributed by atoms with Gasteiger partial charge in [-0.1, -0.05) is 49.2 Å². The van der Waals surface area contributed by atoms with Crippen molar-refractivity contribution in [1.82, 2.24) is 20.0 Å². The van der Waals surface area contributed by atoms with Gasteiger partial charge in [0.05, 0.1) is 23.9 Å². The van der Waals surface area contributed by atoms with E-state index in [-0.39, 0.29) is 29.6 Å². The molecule has 1 aromatic heterocycles. The molecule has 8 nitrogen and oxygen atoms in total. The smallest absolute Gasteiger partial charge is 0.417 e. The molecule has 2 amide bonds. The summed E-state index contributed by atoms with van der Waals surface area (Å²) in [5.74, 6) is -0.567. The van der Waals surface area contributed by atoms with Gasteiger partial charge in [-0.05, 0) is 37.1 Å². The van der Waals surface area contributed by atoms with Crippen molar-refractivity contribution in [2.75, 3.05) is 33.9 Å². The molecule has 1 heterocycles. The third-order valence-electron chi connectivity index (χ3n) is 6.92. The van der Waals surface area contributed by atoms with E-state index < -0.39 is 29.6 Å². The molecular formula is C29H33F3N4O4. The number of alkyl halides is 3. The zero-order chi connectivity index (χ0) is 28.7. The summed E-state index contributed by atoms with van der Waals surface area (Å²) >= 11 is 0. The molecule has 0 aliphatic heterocycles. The molecule has 1 atom stereocenters. The lowest BCUT2D eigenvalue weighted by Gasteiger charge is -2.24. The lowest BCUT2D eigenvalue weighted by Crippen LogP contribution is -2.51. The maximum Gasteiger partial charge on any atom is 0.417 e. The van der Waals surface area contributed by atoms with Crippen LogP contribution in [0.2, 0.25) is 0 Å². The van der Waals surface area contributed by atoms with Crippen molar-refractivity contribution in [3.63, 3.8) is 0 Å². The number of nitrogens with zero attached hydrogens (tertiary/aromatic N) is 3. The van der Waals surface area contributed by atoms with Crippen molar-refractivity contribution in [1.29, 1.82) is 0 Å². The third kappa shape index (κ3) is 7.01. The molecule has 0 unspecified atom stereocenters. The zero-order valence-corrected chi connectivity index (χ0v) is 22.5. The number of para-hydroxylation sites is 1. The molecule has 0 spiro atoms. The molecular weight excluding hydrogens is 525 g/mol. The van der Waals surface area contributed by atoms with E-state index in [0.717, 1.165) is 31.7 Å². The van der Waals surface area contributed by atoms with Gasteiger partial charge < -0.3 is 19.7 Å².